The molecule has 0 spiro atoms. The molecule has 0 bridgehead atoms. The van der Waals surface area contributed by atoms with E-state index in [0.29, 0.717) is 30.6 Å². The molecule has 1 aromatic carbocycles. The van der Waals surface area contributed by atoms with E-state index in [-0.39, 0.29) is 22.9 Å². The number of hydrogen-bond donors (Lipinski definition) is 3. The first-order valence-corrected chi connectivity index (χ1v) is 10.1. The van der Waals surface area contributed by atoms with Crippen LogP contribution in [0.3, 0.4) is 0 Å². The van der Waals surface area contributed by atoms with Crippen molar-refractivity contribution in [2.24, 2.45) is 5.92 Å². The Bertz CT molecular complexity index is 908. The Morgan fingerprint density at radius 2 is 1.96 bits per heavy atom. The molecule has 2 saturated heterocycles. The van der Waals surface area contributed by atoms with Gasteiger partial charge in [-0.3, -0.25) is 20.4 Å². The highest BCUT2D eigenvalue weighted by Crippen LogP contribution is 2.32. The second-order valence-corrected chi connectivity index (χ2v) is 8.04. The van der Waals surface area contributed by atoms with Crippen LogP contribution in [0.25, 0.3) is 0 Å². The average Bonchev–Trinajstić information content (AvgIpc) is 3.18. The van der Waals surface area contributed by atoms with Gasteiger partial charge in [-0.05, 0) is 38.2 Å². The molecule has 1 aromatic heterocycles. The minimum Gasteiger partial charge on any atom is -0.362 e. The summed E-state index contributed by atoms with van der Waals surface area (Å²) in [6.07, 6.45) is 2.04. The minimum atomic E-state index is -0.191. The normalized spacial score (nSPS) is 25.1. The molecule has 4 rings (SSSR count). The molecule has 28 heavy (non-hydrogen) atoms. The number of H-pyrrole nitrogens is 1. The lowest BCUT2D eigenvalue weighted by Crippen LogP contribution is -2.49. The number of hydrogen-bond acceptors (Lipinski definition) is 4. The number of likely N-dealkylation sites (tertiary alicyclic amines) is 1. The lowest BCUT2D eigenvalue weighted by molar-refractivity contribution is 0.0642. The molecule has 3 atom stereocenters. The highest BCUT2D eigenvalue weighted by atomic mass is 16.2. The molecule has 0 saturated carbocycles. The van der Waals surface area contributed by atoms with E-state index in [9.17, 15) is 9.59 Å². The van der Waals surface area contributed by atoms with Crippen LogP contribution in [0.2, 0.25) is 0 Å². The van der Waals surface area contributed by atoms with Crippen molar-refractivity contribution in [1.29, 1.82) is 0 Å². The second-order valence-electron chi connectivity index (χ2n) is 8.04. The number of pyridine rings is 1. The molecule has 0 radical (unpaired) electrons. The summed E-state index contributed by atoms with van der Waals surface area (Å²) in [6, 6.07) is 12.3. The van der Waals surface area contributed by atoms with Gasteiger partial charge in [0.2, 0.25) is 0 Å². The lowest BCUT2D eigenvalue weighted by Gasteiger charge is -2.37. The molecule has 2 fully saturated rings. The monoisotopic (exact) mass is 380 g/mol. The molecule has 3 N–H and O–H groups in total. The first kappa shape index (κ1) is 18.9. The molecule has 1 amide bonds. The van der Waals surface area contributed by atoms with Gasteiger partial charge in [-0.2, -0.15) is 0 Å². The molecular formula is C22H28N4O2. The van der Waals surface area contributed by atoms with Crippen LogP contribution in [-0.4, -0.2) is 41.5 Å². The Morgan fingerprint density at radius 1 is 1.18 bits per heavy atom. The fraction of sp³-hybridized carbons (Fsp3) is 0.455. The third-order valence-corrected chi connectivity index (χ3v) is 6.07. The summed E-state index contributed by atoms with van der Waals surface area (Å²) in [7, 11) is 0. The van der Waals surface area contributed by atoms with Gasteiger partial charge in [-0.15, -0.1) is 0 Å². The molecular weight excluding hydrogens is 352 g/mol. The Balaban J connectivity index is 1.53. The summed E-state index contributed by atoms with van der Waals surface area (Å²) in [6.45, 7) is 5.90. The van der Waals surface area contributed by atoms with Gasteiger partial charge in [0.1, 0.15) is 5.56 Å². The van der Waals surface area contributed by atoms with Crippen LogP contribution in [0, 0.1) is 19.8 Å². The number of amides is 1. The van der Waals surface area contributed by atoms with E-state index in [1.807, 2.05) is 17.9 Å². The number of carbonyl (C=O) groups excluding carboxylic acids is 1. The Hall–Kier alpha value is -2.44. The van der Waals surface area contributed by atoms with Gasteiger partial charge in [-0.25, -0.2) is 0 Å². The van der Waals surface area contributed by atoms with Crippen LogP contribution in [0.15, 0.2) is 41.2 Å². The largest absolute Gasteiger partial charge is 0.362 e. The van der Waals surface area contributed by atoms with Crippen molar-refractivity contribution in [3.63, 3.8) is 0 Å². The lowest BCUT2D eigenvalue weighted by atomic mass is 9.81. The Labute approximate surface area is 165 Å². The molecule has 2 aliphatic heterocycles. The van der Waals surface area contributed by atoms with Crippen LogP contribution >= 0.6 is 0 Å². The number of piperidine rings is 1. The molecule has 3 heterocycles. The van der Waals surface area contributed by atoms with Gasteiger partial charge in [0.15, 0.2) is 5.43 Å². The fourth-order valence-electron chi connectivity index (χ4n) is 4.75. The summed E-state index contributed by atoms with van der Waals surface area (Å²) >= 11 is 0. The number of hydrazine groups is 1. The summed E-state index contributed by atoms with van der Waals surface area (Å²) in [5.41, 5.74) is 9.60. The second kappa shape index (κ2) is 7.89. The summed E-state index contributed by atoms with van der Waals surface area (Å²) in [5, 5.41) is 0. The van der Waals surface area contributed by atoms with Crippen molar-refractivity contribution < 1.29 is 4.79 Å². The van der Waals surface area contributed by atoms with Gasteiger partial charge in [0.25, 0.3) is 5.91 Å². The number of aryl methyl sites for hydroxylation is 2. The van der Waals surface area contributed by atoms with Crippen molar-refractivity contribution in [3.8, 4) is 0 Å². The zero-order chi connectivity index (χ0) is 19.7. The highest BCUT2D eigenvalue weighted by Gasteiger charge is 2.38. The number of benzene rings is 1. The van der Waals surface area contributed by atoms with Gasteiger partial charge in [-0.1, -0.05) is 30.3 Å². The van der Waals surface area contributed by atoms with Crippen molar-refractivity contribution in [1.82, 2.24) is 20.7 Å². The molecule has 2 aromatic rings. The van der Waals surface area contributed by atoms with Crippen molar-refractivity contribution in [2.45, 2.75) is 38.6 Å². The first-order chi connectivity index (χ1) is 13.5. The van der Waals surface area contributed by atoms with Crippen LogP contribution in [-0.2, 0) is 0 Å². The predicted octanol–water partition coefficient (Wildman–Crippen LogP) is 2.10. The van der Waals surface area contributed by atoms with E-state index < -0.39 is 0 Å². The molecule has 148 valence electrons. The number of nitrogens with one attached hydrogen (secondary N) is 3. The zero-order valence-electron chi connectivity index (χ0n) is 16.5. The van der Waals surface area contributed by atoms with Crippen LogP contribution in [0.1, 0.15) is 46.1 Å². The smallest absolute Gasteiger partial charge is 0.259 e. The highest BCUT2D eigenvalue weighted by molar-refractivity contribution is 5.95. The summed E-state index contributed by atoms with van der Waals surface area (Å²) in [4.78, 5) is 30.6. The van der Waals surface area contributed by atoms with E-state index in [0.717, 1.165) is 25.1 Å². The van der Waals surface area contributed by atoms with Gasteiger partial charge in [0, 0.05) is 49.0 Å². The Kier molecular flexibility index (Phi) is 5.33. The third-order valence-electron chi connectivity index (χ3n) is 6.07. The van der Waals surface area contributed by atoms with Gasteiger partial charge >= 0.3 is 0 Å². The van der Waals surface area contributed by atoms with Crippen molar-refractivity contribution in [2.75, 3.05) is 19.6 Å². The number of nitrogens with zero attached hydrogens (tertiary/aromatic N) is 1. The maximum atomic E-state index is 13.1. The maximum absolute atomic E-state index is 13.1. The number of aromatic amines is 1. The van der Waals surface area contributed by atoms with E-state index in [2.05, 4.69) is 40.1 Å². The predicted molar refractivity (Wildman–Crippen MR) is 109 cm³/mol. The molecule has 2 aliphatic rings. The van der Waals surface area contributed by atoms with E-state index in [4.69, 9.17) is 0 Å². The molecule has 6 heteroatoms. The molecule has 3 unspecified atom stereocenters. The fourth-order valence-corrected chi connectivity index (χ4v) is 4.75. The number of aromatic nitrogens is 1. The molecule has 0 aliphatic carbocycles. The van der Waals surface area contributed by atoms with Crippen LogP contribution < -0.4 is 16.3 Å². The number of carbonyl (C=O) groups is 1. The topological polar surface area (TPSA) is 77.2 Å². The third kappa shape index (κ3) is 3.62. The van der Waals surface area contributed by atoms with Gasteiger partial charge in [0.05, 0.1) is 0 Å². The van der Waals surface area contributed by atoms with Crippen LogP contribution in [0.5, 0.6) is 0 Å². The van der Waals surface area contributed by atoms with E-state index in [1.54, 1.807) is 6.92 Å². The Morgan fingerprint density at radius 3 is 2.71 bits per heavy atom. The summed E-state index contributed by atoms with van der Waals surface area (Å²) < 4.78 is 0. The molecule has 6 nitrogen and oxygen atoms in total. The zero-order valence-corrected chi connectivity index (χ0v) is 16.5. The maximum Gasteiger partial charge on any atom is 0.259 e. The standard InChI is InChI=1S/C22H28N4O2/c1-14-11-19(27)20(15(2)24-14)22(28)26-10-6-9-17(13-26)21-18(12-23-25-21)16-7-4-3-5-8-16/h3-5,7-8,11,17-18,21,23,25H,6,9-10,12-13H2,1-2H3,(H,24,27). The van der Waals surface area contributed by atoms with Crippen molar-refractivity contribution >= 4 is 5.91 Å². The SMILES string of the molecule is Cc1cc(=O)c(C(=O)N2CCCC(C3NNCC3c3ccccc3)C2)c(C)[nH]1. The van der Waals surface area contributed by atoms with Crippen molar-refractivity contribution in [3.05, 3.63) is 69.1 Å². The van der Waals surface area contributed by atoms with E-state index >= 15 is 0 Å². The van der Waals surface area contributed by atoms with Gasteiger partial charge < -0.3 is 9.88 Å². The van der Waals surface area contributed by atoms with Crippen LogP contribution in [0.4, 0.5) is 0 Å². The van der Waals surface area contributed by atoms with E-state index in [1.165, 1.54) is 11.6 Å². The number of rotatable bonds is 3. The minimum absolute atomic E-state index is 0.148. The summed E-state index contributed by atoms with van der Waals surface area (Å²) in [5.74, 6) is 0.583. The quantitative estimate of drug-likeness (QED) is 0.762. The first-order valence-electron chi connectivity index (χ1n) is 10.1. The average molecular weight is 380 g/mol.